The van der Waals surface area contributed by atoms with Crippen molar-refractivity contribution in [2.45, 2.75) is 59.7 Å². The van der Waals surface area contributed by atoms with Gasteiger partial charge >= 0.3 is 0 Å². The lowest BCUT2D eigenvalue weighted by Gasteiger charge is -2.17. The molecule has 0 saturated carbocycles. The Bertz CT molecular complexity index is 675. The maximum atomic E-state index is 5.84. The second-order valence-corrected chi connectivity index (χ2v) is 6.78. The van der Waals surface area contributed by atoms with Gasteiger partial charge in [0.2, 0.25) is 5.95 Å². The molecule has 1 aromatic heterocycles. The predicted octanol–water partition coefficient (Wildman–Crippen LogP) is 4.03. The molecule has 0 fully saturated rings. The van der Waals surface area contributed by atoms with Crippen LogP contribution in [-0.2, 0) is 13.1 Å². The van der Waals surface area contributed by atoms with Crippen molar-refractivity contribution in [2.24, 2.45) is 0 Å². The van der Waals surface area contributed by atoms with Gasteiger partial charge in [-0.25, -0.2) is 4.68 Å². The molecule has 1 heterocycles. The number of unbranched alkanes of at least 4 members (excludes halogenated alkanes) is 1. The molecule has 2 rings (SSSR count). The molecular formula is C17H26BrN5O2. The average Bonchev–Trinajstić information content (AvgIpc) is 3.01. The third-order valence-corrected chi connectivity index (χ3v) is 4.21. The fourth-order valence-electron chi connectivity index (χ4n) is 2.29. The number of nitrogens with zero attached hydrogens (tertiary/aromatic N) is 4. The molecule has 1 N–H and O–H groups in total. The van der Waals surface area contributed by atoms with Gasteiger partial charge in [0.05, 0.1) is 12.7 Å². The molecule has 8 heteroatoms. The highest BCUT2D eigenvalue weighted by Gasteiger charge is 2.13. The zero-order valence-corrected chi connectivity index (χ0v) is 16.8. The van der Waals surface area contributed by atoms with E-state index in [2.05, 4.69) is 43.7 Å². The molecule has 0 saturated heterocycles. The van der Waals surface area contributed by atoms with Crippen molar-refractivity contribution in [3.8, 4) is 11.5 Å². The Morgan fingerprint density at radius 3 is 2.72 bits per heavy atom. The van der Waals surface area contributed by atoms with E-state index in [0.717, 1.165) is 40.9 Å². The first kappa shape index (κ1) is 19.5. The smallest absolute Gasteiger partial charge is 0.243 e. The lowest BCUT2D eigenvalue weighted by Crippen LogP contribution is -2.11. The summed E-state index contributed by atoms with van der Waals surface area (Å²) in [5.74, 6) is 2.14. The van der Waals surface area contributed by atoms with E-state index in [9.17, 15) is 0 Å². The van der Waals surface area contributed by atoms with Gasteiger partial charge < -0.3 is 14.8 Å². The minimum absolute atomic E-state index is 0.0817. The summed E-state index contributed by atoms with van der Waals surface area (Å²) in [5, 5.41) is 15.1. The van der Waals surface area contributed by atoms with Crippen LogP contribution in [0.1, 0.15) is 46.1 Å². The van der Waals surface area contributed by atoms with Crippen molar-refractivity contribution in [3.63, 3.8) is 0 Å². The first-order valence-electron chi connectivity index (χ1n) is 8.67. The number of tetrazole rings is 1. The molecule has 0 radical (unpaired) electrons. The Morgan fingerprint density at radius 1 is 1.24 bits per heavy atom. The number of halogens is 1. The van der Waals surface area contributed by atoms with Gasteiger partial charge in [0, 0.05) is 17.6 Å². The second kappa shape index (κ2) is 9.60. The van der Waals surface area contributed by atoms with Crippen molar-refractivity contribution < 1.29 is 9.47 Å². The van der Waals surface area contributed by atoms with Crippen LogP contribution in [0, 0.1) is 0 Å². The summed E-state index contributed by atoms with van der Waals surface area (Å²) >= 11 is 3.61. The van der Waals surface area contributed by atoms with Crippen LogP contribution in [0.3, 0.4) is 0 Å². The highest BCUT2D eigenvalue weighted by molar-refractivity contribution is 9.10. The van der Waals surface area contributed by atoms with Gasteiger partial charge in [-0.3, -0.25) is 0 Å². The van der Waals surface area contributed by atoms with Crippen LogP contribution < -0.4 is 14.8 Å². The zero-order chi connectivity index (χ0) is 18.2. The minimum atomic E-state index is 0.0817. The molecule has 2 aromatic rings. The van der Waals surface area contributed by atoms with E-state index >= 15 is 0 Å². The van der Waals surface area contributed by atoms with E-state index in [1.54, 1.807) is 4.68 Å². The fraction of sp³-hybridized carbons (Fsp3) is 0.588. The molecule has 0 spiro atoms. The monoisotopic (exact) mass is 411 g/mol. The van der Waals surface area contributed by atoms with E-state index in [1.165, 1.54) is 0 Å². The Morgan fingerprint density at radius 2 is 2.04 bits per heavy atom. The van der Waals surface area contributed by atoms with E-state index in [1.807, 2.05) is 32.9 Å². The van der Waals surface area contributed by atoms with E-state index < -0.39 is 0 Å². The van der Waals surface area contributed by atoms with E-state index in [-0.39, 0.29) is 6.10 Å². The summed E-state index contributed by atoms with van der Waals surface area (Å²) in [6.07, 6.45) is 2.22. The van der Waals surface area contributed by atoms with Crippen LogP contribution in [0.4, 0.5) is 5.95 Å². The summed E-state index contributed by atoms with van der Waals surface area (Å²) in [4.78, 5) is 0. The third kappa shape index (κ3) is 5.59. The van der Waals surface area contributed by atoms with Gasteiger partial charge in [0.1, 0.15) is 0 Å². The van der Waals surface area contributed by atoms with Crippen molar-refractivity contribution in [1.29, 1.82) is 0 Å². The van der Waals surface area contributed by atoms with Crippen LogP contribution in [0.5, 0.6) is 11.5 Å². The third-order valence-electron chi connectivity index (χ3n) is 3.47. The molecule has 0 aliphatic heterocycles. The molecule has 0 amide bonds. The molecule has 0 aliphatic carbocycles. The number of ether oxygens (including phenoxy) is 2. The second-order valence-electron chi connectivity index (χ2n) is 5.92. The summed E-state index contributed by atoms with van der Waals surface area (Å²) in [7, 11) is 0. The number of hydrogen-bond donors (Lipinski definition) is 1. The van der Waals surface area contributed by atoms with Crippen molar-refractivity contribution in [3.05, 3.63) is 22.2 Å². The van der Waals surface area contributed by atoms with Crippen molar-refractivity contribution >= 4 is 21.9 Å². The van der Waals surface area contributed by atoms with Gasteiger partial charge in [-0.1, -0.05) is 34.4 Å². The summed E-state index contributed by atoms with van der Waals surface area (Å²) in [5.41, 5.74) is 1.05. The first-order chi connectivity index (χ1) is 12.0. The maximum Gasteiger partial charge on any atom is 0.243 e. The molecule has 25 heavy (non-hydrogen) atoms. The fourth-order valence-corrected chi connectivity index (χ4v) is 2.75. The van der Waals surface area contributed by atoms with Crippen LogP contribution in [-0.4, -0.2) is 32.9 Å². The van der Waals surface area contributed by atoms with Gasteiger partial charge in [0.25, 0.3) is 0 Å². The number of hydrogen-bond acceptors (Lipinski definition) is 6. The number of benzene rings is 1. The quantitative estimate of drug-likeness (QED) is 0.635. The Labute approximate surface area is 157 Å². The largest absolute Gasteiger partial charge is 0.490 e. The van der Waals surface area contributed by atoms with Gasteiger partial charge in [0.15, 0.2) is 11.5 Å². The molecule has 0 aliphatic rings. The van der Waals surface area contributed by atoms with Crippen LogP contribution in [0.2, 0.25) is 0 Å². The number of rotatable bonds is 10. The first-order valence-corrected chi connectivity index (χ1v) is 9.46. The van der Waals surface area contributed by atoms with Crippen molar-refractivity contribution in [1.82, 2.24) is 20.2 Å². The minimum Gasteiger partial charge on any atom is -0.490 e. The molecule has 1 aromatic carbocycles. The Balaban J connectivity index is 2.13. The van der Waals surface area contributed by atoms with Crippen LogP contribution in [0.25, 0.3) is 0 Å². The summed E-state index contributed by atoms with van der Waals surface area (Å²) in [6, 6.07) is 3.93. The van der Waals surface area contributed by atoms with Crippen molar-refractivity contribution in [2.75, 3.05) is 11.9 Å². The van der Waals surface area contributed by atoms with E-state index in [4.69, 9.17) is 9.47 Å². The average molecular weight is 412 g/mol. The molecule has 138 valence electrons. The highest BCUT2D eigenvalue weighted by Crippen LogP contribution is 2.34. The molecule has 0 atom stereocenters. The Kier molecular flexibility index (Phi) is 7.49. The maximum absolute atomic E-state index is 5.84. The lowest BCUT2D eigenvalue weighted by atomic mass is 10.2. The van der Waals surface area contributed by atoms with Crippen LogP contribution in [0.15, 0.2) is 16.6 Å². The van der Waals surface area contributed by atoms with Crippen LogP contribution >= 0.6 is 15.9 Å². The molecule has 0 bridgehead atoms. The number of aromatic nitrogens is 4. The van der Waals surface area contributed by atoms with Gasteiger partial charge in [-0.2, -0.15) is 0 Å². The number of nitrogens with one attached hydrogen (secondary N) is 1. The number of aryl methyl sites for hydroxylation is 1. The molecular weight excluding hydrogens is 386 g/mol. The Hall–Kier alpha value is -1.83. The molecule has 0 unspecified atom stereocenters. The molecule has 7 nitrogen and oxygen atoms in total. The highest BCUT2D eigenvalue weighted by atomic mass is 79.9. The van der Waals surface area contributed by atoms with Gasteiger partial charge in [-0.15, -0.1) is 0 Å². The summed E-state index contributed by atoms with van der Waals surface area (Å²) < 4.78 is 14.3. The SMILES string of the molecule is CCCCn1nnnc1NCc1cc(OCC)c(OC(C)C)cc1Br. The standard InChI is InChI=1S/C17H26BrN5O2/c1-5-7-8-23-17(20-21-22-23)19-11-13-9-15(24-6-2)16(10-14(13)18)25-12(3)4/h9-10,12H,5-8,11H2,1-4H3,(H,19,20,22). The number of anilines is 1. The predicted molar refractivity (Wildman–Crippen MR) is 101 cm³/mol. The normalized spacial score (nSPS) is 11.0. The lowest BCUT2D eigenvalue weighted by molar-refractivity contribution is 0.223. The van der Waals surface area contributed by atoms with E-state index in [0.29, 0.717) is 19.1 Å². The topological polar surface area (TPSA) is 74.1 Å². The summed E-state index contributed by atoms with van der Waals surface area (Å²) in [6.45, 7) is 10.1. The zero-order valence-electron chi connectivity index (χ0n) is 15.3. The van der Waals surface area contributed by atoms with Gasteiger partial charge in [-0.05, 0) is 55.3 Å².